The number of nitrogens with one attached hydrogen (secondary N) is 2. The minimum Gasteiger partial charge on any atom is -0.367 e. The number of H-pyrrole nitrogens is 1. The molecule has 0 spiro atoms. The lowest BCUT2D eigenvalue weighted by molar-refractivity contribution is 0.275. The van der Waals surface area contributed by atoms with Gasteiger partial charge in [-0.15, -0.1) is 0 Å². The molecule has 12 heteroatoms. The normalized spacial score (nSPS) is 17.1. The first-order valence-electron chi connectivity index (χ1n) is 11.0. The van der Waals surface area contributed by atoms with Gasteiger partial charge >= 0.3 is 0 Å². The molecule has 1 aromatic carbocycles. The number of sulfonamides is 1. The van der Waals surface area contributed by atoms with E-state index in [2.05, 4.69) is 25.3 Å². The number of nitrogens with zero attached hydrogens (tertiary/aromatic N) is 4. The van der Waals surface area contributed by atoms with E-state index >= 15 is 0 Å². The summed E-state index contributed by atoms with van der Waals surface area (Å²) in [5, 5.41) is 4.17. The van der Waals surface area contributed by atoms with Crippen LogP contribution in [0.5, 0.6) is 0 Å². The van der Waals surface area contributed by atoms with Crippen LogP contribution in [0.3, 0.4) is 0 Å². The summed E-state index contributed by atoms with van der Waals surface area (Å²) in [6, 6.07) is 6.70. The molecule has 1 saturated heterocycles. The summed E-state index contributed by atoms with van der Waals surface area (Å²) < 4.78 is 55.3. The van der Waals surface area contributed by atoms with Crippen LogP contribution in [0.2, 0.25) is 5.02 Å². The van der Waals surface area contributed by atoms with E-state index in [9.17, 15) is 17.2 Å². The van der Waals surface area contributed by atoms with Crippen molar-refractivity contribution in [1.82, 2.24) is 24.2 Å². The van der Waals surface area contributed by atoms with Crippen LogP contribution in [-0.4, -0.2) is 52.3 Å². The molecule has 8 nitrogen and oxygen atoms in total. The highest BCUT2D eigenvalue weighted by Crippen LogP contribution is 2.29. The van der Waals surface area contributed by atoms with Crippen LogP contribution in [0.1, 0.15) is 12.8 Å². The zero-order valence-corrected chi connectivity index (χ0v) is 20.0. The molecule has 4 aromatic rings. The van der Waals surface area contributed by atoms with E-state index in [4.69, 9.17) is 11.6 Å². The molecule has 182 valence electrons. The van der Waals surface area contributed by atoms with Crippen LogP contribution >= 0.6 is 11.6 Å². The molecule has 4 heterocycles. The Morgan fingerprint density at radius 3 is 2.89 bits per heavy atom. The molecular formula is C23H21ClF2N6O2S. The summed E-state index contributed by atoms with van der Waals surface area (Å²) in [4.78, 5) is 15.6. The standard InChI is InChI=1S/C23H21ClF2N6O2S/c24-15-7-18-19(11-29-21(18)28-10-15)22-30-12-20(26)23(31-22)27-9-14-3-2-6-32(13-14)35(33,34)17-5-1-4-16(25)8-17/h1,4-5,7-8,10-12,14H,2-3,6,9,13H2,(H,28,29)(H,27,30,31). The van der Waals surface area contributed by atoms with Crippen molar-refractivity contribution in [2.45, 2.75) is 17.7 Å². The third-order valence-corrected chi connectivity index (χ3v) is 8.02. The fourth-order valence-corrected chi connectivity index (χ4v) is 5.96. The van der Waals surface area contributed by atoms with Gasteiger partial charge in [0.2, 0.25) is 10.0 Å². The highest BCUT2D eigenvalue weighted by Gasteiger charge is 2.30. The number of aromatic nitrogens is 4. The zero-order chi connectivity index (χ0) is 24.6. The molecule has 0 bridgehead atoms. The van der Waals surface area contributed by atoms with E-state index < -0.39 is 21.7 Å². The van der Waals surface area contributed by atoms with Crippen molar-refractivity contribution >= 4 is 38.5 Å². The lowest BCUT2D eigenvalue weighted by atomic mass is 10.00. The minimum absolute atomic E-state index is 0.0180. The summed E-state index contributed by atoms with van der Waals surface area (Å²) in [6.07, 6.45) is 5.69. The number of hydrogen-bond donors (Lipinski definition) is 2. The molecule has 0 amide bonds. The van der Waals surface area contributed by atoms with Crippen LogP contribution < -0.4 is 5.32 Å². The second-order valence-corrected chi connectivity index (χ2v) is 10.7. The Bertz CT molecular complexity index is 1500. The maximum absolute atomic E-state index is 14.5. The Hall–Kier alpha value is -3.15. The molecule has 1 fully saturated rings. The number of piperidine rings is 1. The van der Waals surface area contributed by atoms with E-state index in [1.807, 2.05) is 0 Å². The van der Waals surface area contributed by atoms with Gasteiger partial charge in [0, 0.05) is 43.0 Å². The van der Waals surface area contributed by atoms with Crippen molar-refractivity contribution in [3.63, 3.8) is 0 Å². The van der Waals surface area contributed by atoms with E-state index in [-0.39, 0.29) is 23.2 Å². The van der Waals surface area contributed by atoms with Gasteiger partial charge in [0.05, 0.1) is 16.1 Å². The molecule has 1 atom stereocenters. The second kappa shape index (κ2) is 9.48. The summed E-state index contributed by atoms with van der Waals surface area (Å²) in [7, 11) is -3.82. The molecule has 2 N–H and O–H groups in total. The number of aromatic amines is 1. The van der Waals surface area contributed by atoms with Crippen LogP contribution in [0.4, 0.5) is 14.6 Å². The first-order valence-corrected chi connectivity index (χ1v) is 12.8. The van der Waals surface area contributed by atoms with Gasteiger partial charge in [-0.3, -0.25) is 0 Å². The molecule has 0 saturated carbocycles. The summed E-state index contributed by atoms with van der Waals surface area (Å²) in [5.74, 6) is -0.997. The zero-order valence-electron chi connectivity index (χ0n) is 18.4. The van der Waals surface area contributed by atoms with Gasteiger partial charge in [-0.05, 0) is 43.0 Å². The number of benzene rings is 1. The minimum atomic E-state index is -3.82. The number of pyridine rings is 1. The Kier molecular flexibility index (Phi) is 6.39. The third-order valence-electron chi connectivity index (χ3n) is 5.96. The highest BCUT2D eigenvalue weighted by molar-refractivity contribution is 7.89. The monoisotopic (exact) mass is 518 g/mol. The lowest BCUT2D eigenvalue weighted by Gasteiger charge is -2.32. The van der Waals surface area contributed by atoms with Gasteiger partial charge in [-0.1, -0.05) is 17.7 Å². The van der Waals surface area contributed by atoms with Crippen molar-refractivity contribution in [2.75, 3.05) is 25.0 Å². The number of rotatable bonds is 6. The Balaban J connectivity index is 1.32. The quantitative estimate of drug-likeness (QED) is 0.390. The fourth-order valence-electron chi connectivity index (χ4n) is 4.21. The topological polar surface area (TPSA) is 104 Å². The number of fused-ring (bicyclic) bond motifs is 1. The Labute approximate surface area is 205 Å². The average Bonchev–Trinajstić information content (AvgIpc) is 3.27. The average molecular weight is 519 g/mol. The number of halogens is 3. The Morgan fingerprint density at radius 2 is 2.06 bits per heavy atom. The van der Waals surface area contributed by atoms with Crippen LogP contribution in [0.25, 0.3) is 22.4 Å². The van der Waals surface area contributed by atoms with Crippen molar-refractivity contribution in [1.29, 1.82) is 0 Å². The molecule has 0 aliphatic carbocycles. The predicted molar refractivity (Wildman–Crippen MR) is 128 cm³/mol. The Morgan fingerprint density at radius 1 is 1.20 bits per heavy atom. The van der Waals surface area contributed by atoms with Gasteiger partial charge < -0.3 is 10.3 Å². The van der Waals surface area contributed by atoms with Crippen molar-refractivity contribution in [2.24, 2.45) is 5.92 Å². The molecule has 3 aromatic heterocycles. The maximum Gasteiger partial charge on any atom is 0.243 e. The largest absolute Gasteiger partial charge is 0.367 e. The maximum atomic E-state index is 14.5. The molecular weight excluding hydrogens is 498 g/mol. The second-order valence-electron chi connectivity index (χ2n) is 8.35. The summed E-state index contributed by atoms with van der Waals surface area (Å²) in [6.45, 7) is 0.889. The van der Waals surface area contributed by atoms with Crippen molar-refractivity contribution in [3.05, 3.63) is 65.6 Å². The molecule has 1 aliphatic heterocycles. The van der Waals surface area contributed by atoms with Crippen molar-refractivity contribution < 1.29 is 17.2 Å². The highest BCUT2D eigenvalue weighted by atomic mass is 35.5. The molecule has 35 heavy (non-hydrogen) atoms. The van der Waals surface area contributed by atoms with Gasteiger partial charge in [0.15, 0.2) is 17.5 Å². The van der Waals surface area contributed by atoms with Crippen LogP contribution in [0.15, 0.2) is 53.8 Å². The lowest BCUT2D eigenvalue weighted by Crippen LogP contribution is -2.41. The number of anilines is 1. The van der Waals surface area contributed by atoms with E-state index in [0.717, 1.165) is 18.7 Å². The van der Waals surface area contributed by atoms with E-state index in [1.54, 1.807) is 12.3 Å². The summed E-state index contributed by atoms with van der Waals surface area (Å²) in [5.41, 5.74) is 1.23. The molecule has 5 rings (SSSR count). The van der Waals surface area contributed by atoms with Gasteiger partial charge in [-0.25, -0.2) is 32.2 Å². The SMILES string of the molecule is O=S(=O)(c1cccc(F)c1)N1CCCC(CNc2nc(-c3c[nH]c4ncc(Cl)cc34)ncc2F)C1. The summed E-state index contributed by atoms with van der Waals surface area (Å²) >= 11 is 6.06. The van der Waals surface area contributed by atoms with Crippen LogP contribution in [-0.2, 0) is 10.0 Å². The smallest absolute Gasteiger partial charge is 0.243 e. The molecule has 1 aliphatic rings. The first-order chi connectivity index (χ1) is 16.8. The van der Waals surface area contributed by atoms with Gasteiger partial charge in [-0.2, -0.15) is 4.31 Å². The molecule has 0 radical (unpaired) electrons. The predicted octanol–water partition coefficient (Wildman–Crippen LogP) is 4.46. The van der Waals surface area contributed by atoms with E-state index in [1.165, 1.54) is 28.7 Å². The van der Waals surface area contributed by atoms with Crippen molar-refractivity contribution in [3.8, 4) is 11.4 Å². The number of hydrogen-bond acceptors (Lipinski definition) is 6. The molecule has 1 unspecified atom stereocenters. The van der Waals surface area contributed by atoms with Gasteiger partial charge in [0.1, 0.15) is 11.5 Å². The van der Waals surface area contributed by atoms with E-state index in [0.29, 0.717) is 47.0 Å². The third kappa shape index (κ3) is 4.84. The van der Waals surface area contributed by atoms with Crippen LogP contribution in [0, 0.1) is 17.6 Å². The van der Waals surface area contributed by atoms with Gasteiger partial charge in [0.25, 0.3) is 0 Å². The first kappa shape index (κ1) is 23.6. The fraction of sp³-hybridized carbons (Fsp3) is 0.261.